The summed E-state index contributed by atoms with van der Waals surface area (Å²) in [5, 5.41) is 11.6. The summed E-state index contributed by atoms with van der Waals surface area (Å²) >= 11 is 0. The Morgan fingerprint density at radius 1 is 1.14 bits per heavy atom. The molecule has 0 saturated carbocycles. The third-order valence-electron chi connectivity index (χ3n) is 3.42. The third-order valence-corrected chi connectivity index (χ3v) is 3.42. The van der Waals surface area contributed by atoms with E-state index in [1.807, 2.05) is 19.1 Å². The monoisotopic (exact) mass is 298 g/mol. The molecule has 0 aliphatic carbocycles. The third kappa shape index (κ3) is 3.85. The Hall–Kier alpha value is -2.82. The first-order valence-electron chi connectivity index (χ1n) is 6.95. The molecule has 0 aliphatic rings. The zero-order chi connectivity index (χ0) is 16.1. The summed E-state index contributed by atoms with van der Waals surface area (Å²) in [6.07, 6.45) is 0.0756. The van der Waals surface area contributed by atoms with Gasteiger partial charge < -0.3 is 16.2 Å². The van der Waals surface area contributed by atoms with Crippen LogP contribution in [0.4, 0.5) is 11.4 Å². The van der Waals surface area contributed by atoms with Gasteiger partial charge in [-0.1, -0.05) is 31.2 Å². The molecule has 0 spiro atoms. The number of carbonyl (C=O) groups is 2. The number of nitrogens with two attached hydrogens (primary N) is 1. The van der Waals surface area contributed by atoms with Crippen LogP contribution < -0.4 is 11.1 Å². The topological polar surface area (TPSA) is 92.4 Å². The van der Waals surface area contributed by atoms with E-state index in [9.17, 15) is 9.59 Å². The van der Waals surface area contributed by atoms with Gasteiger partial charge in [-0.25, -0.2) is 0 Å². The van der Waals surface area contributed by atoms with Gasteiger partial charge in [0.25, 0.3) is 5.91 Å². The lowest BCUT2D eigenvalue weighted by Gasteiger charge is -2.11. The van der Waals surface area contributed by atoms with Crippen LogP contribution in [-0.4, -0.2) is 17.0 Å². The predicted octanol–water partition coefficient (Wildman–Crippen LogP) is 3.10. The Bertz CT molecular complexity index is 681. The molecule has 0 aromatic heterocycles. The molecule has 0 fully saturated rings. The van der Waals surface area contributed by atoms with E-state index in [0.29, 0.717) is 16.9 Å². The van der Waals surface area contributed by atoms with Crippen molar-refractivity contribution in [2.24, 2.45) is 0 Å². The summed E-state index contributed by atoms with van der Waals surface area (Å²) in [6.45, 7) is 1.85. The lowest BCUT2D eigenvalue weighted by Crippen LogP contribution is -2.14. The maximum Gasteiger partial charge on any atom is 0.303 e. The number of hydrogen-bond donors (Lipinski definition) is 3. The molecule has 4 N–H and O–H groups in total. The second-order valence-electron chi connectivity index (χ2n) is 5.16. The van der Waals surface area contributed by atoms with E-state index >= 15 is 0 Å². The minimum absolute atomic E-state index is 0.0756. The number of anilines is 2. The van der Waals surface area contributed by atoms with Gasteiger partial charge in [-0.2, -0.15) is 0 Å². The average Bonchev–Trinajstić information content (AvgIpc) is 2.47. The fourth-order valence-corrected chi connectivity index (χ4v) is 2.18. The van der Waals surface area contributed by atoms with E-state index in [4.69, 9.17) is 10.8 Å². The molecule has 1 amide bonds. The van der Waals surface area contributed by atoms with Crippen LogP contribution in [0, 0.1) is 0 Å². The van der Waals surface area contributed by atoms with Gasteiger partial charge in [0.05, 0.1) is 12.0 Å². The highest BCUT2D eigenvalue weighted by molar-refractivity contribution is 6.07. The Kier molecular flexibility index (Phi) is 4.78. The van der Waals surface area contributed by atoms with E-state index in [1.165, 1.54) is 0 Å². The summed E-state index contributed by atoms with van der Waals surface area (Å²) in [6, 6.07) is 14.0. The molecule has 0 heterocycles. The first-order valence-corrected chi connectivity index (χ1v) is 6.95. The number of hydrogen-bond acceptors (Lipinski definition) is 3. The van der Waals surface area contributed by atoms with Crippen LogP contribution >= 0.6 is 0 Å². The summed E-state index contributed by atoms with van der Waals surface area (Å²) in [7, 11) is 0. The second-order valence-corrected chi connectivity index (χ2v) is 5.16. The fourth-order valence-electron chi connectivity index (χ4n) is 2.18. The first-order chi connectivity index (χ1) is 10.5. The summed E-state index contributed by atoms with van der Waals surface area (Å²) < 4.78 is 0. The van der Waals surface area contributed by atoms with E-state index in [1.54, 1.807) is 36.4 Å². The fraction of sp³-hybridized carbons (Fsp3) is 0.176. The number of benzene rings is 2. The highest BCUT2D eigenvalue weighted by atomic mass is 16.4. The number of nitrogens with one attached hydrogen (secondary N) is 1. The van der Waals surface area contributed by atoms with E-state index in [0.717, 1.165) is 5.56 Å². The molecule has 2 aromatic carbocycles. The first kappa shape index (κ1) is 15.6. The standard InChI is InChI=1S/C17H18N2O3/c1-11(10-16(20)21)12-6-8-13(9-7-12)19-17(22)14-4-2-3-5-15(14)18/h2-9,11H,10,18H2,1H3,(H,19,22)(H,20,21). The Labute approximate surface area is 128 Å². The van der Waals surface area contributed by atoms with Crippen LogP contribution in [0.15, 0.2) is 48.5 Å². The Balaban J connectivity index is 2.07. The normalized spacial score (nSPS) is 11.7. The van der Waals surface area contributed by atoms with Crippen molar-refractivity contribution in [2.45, 2.75) is 19.3 Å². The number of rotatable bonds is 5. The lowest BCUT2D eigenvalue weighted by atomic mass is 9.98. The van der Waals surface area contributed by atoms with Gasteiger partial charge in [-0.05, 0) is 35.7 Å². The molecule has 5 heteroatoms. The van der Waals surface area contributed by atoms with Gasteiger partial charge in [-0.3, -0.25) is 9.59 Å². The Morgan fingerprint density at radius 3 is 2.36 bits per heavy atom. The van der Waals surface area contributed by atoms with Crippen LogP contribution in [0.3, 0.4) is 0 Å². The van der Waals surface area contributed by atoms with Gasteiger partial charge in [0.1, 0.15) is 0 Å². The van der Waals surface area contributed by atoms with Gasteiger partial charge in [0.15, 0.2) is 0 Å². The molecule has 1 atom stereocenters. The molecule has 0 saturated heterocycles. The van der Waals surface area contributed by atoms with Crippen molar-refractivity contribution in [2.75, 3.05) is 11.1 Å². The van der Waals surface area contributed by atoms with Crippen molar-refractivity contribution in [3.8, 4) is 0 Å². The molecule has 0 bridgehead atoms. The maximum absolute atomic E-state index is 12.1. The smallest absolute Gasteiger partial charge is 0.303 e. The lowest BCUT2D eigenvalue weighted by molar-refractivity contribution is -0.137. The van der Waals surface area contributed by atoms with E-state index in [2.05, 4.69) is 5.32 Å². The van der Waals surface area contributed by atoms with Gasteiger partial charge >= 0.3 is 5.97 Å². The van der Waals surface area contributed by atoms with Crippen LogP contribution in [-0.2, 0) is 4.79 Å². The zero-order valence-corrected chi connectivity index (χ0v) is 12.2. The molecule has 114 valence electrons. The molecule has 1 unspecified atom stereocenters. The van der Waals surface area contributed by atoms with E-state index in [-0.39, 0.29) is 18.2 Å². The largest absolute Gasteiger partial charge is 0.481 e. The van der Waals surface area contributed by atoms with Gasteiger partial charge in [-0.15, -0.1) is 0 Å². The van der Waals surface area contributed by atoms with Crippen molar-refractivity contribution in [3.05, 3.63) is 59.7 Å². The van der Waals surface area contributed by atoms with Crippen LogP contribution in [0.5, 0.6) is 0 Å². The summed E-state index contributed by atoms with van der Waals surface area (Å²) in [5.74, 6) is -1.18. The molecule has 22 heavy (non-hydrogen) atoms. The number of carbonyl (C=O) groups excluding carboxylic acids is 1. The second kappa shape index (κ2) is 6.76. The van der Waals surface area contributed by atoms with Crippen molar-refractivity contribution < 1.29 is 14.7 Å². The van der Waals surface area contributed by atoms with Gasteiger partial charge in [0.2, 0.25) is 0 Å². The predicted molar refractivity (Wildman–Crippen MR) is 85.9 cm³/mol. The maximum atomic E-state index is 12.1. The average molecular weight is 298 g/mol. The molecular weight excluding hydrogens is 280 g/mol. The molecule has 0 aliphatic heterocycles. The highest BCUT2D eigenvalue weighted by Gasteiger charge is 2.11. The van der Waals surface area contributed by atoms with Crippen molar-refractivity contribution >= 4 is 23.3 Å². The van der Waals surface area contributed by atoms with Crippen molar-refractivity contribution in [3.63, 3.8) is 0 Å². The number of para-hydroxylation sites is 1. The molecule has 2 aromatic rings. The minimum atomic E-state index is -0.829. The van der Waals surface area contributed by atoms with Crippen LogP contribution in [0.2, 0.25) is 0 Å². The highest BCUT2D eigenvalue weighted by Crippen LogP contribution is 2.21. The number of carboxylic acid groups (broad SMARTS) is 1. The molecule has 0 radical (unpaired) electrons. The molecule has 5 nitrogen and oxygen atoms in total. The van der Waals surface area contributed by atoms with Crippen LogP contribution in [0.25, 0.3) is 0 Å². The number of carboxylic acids is 1. The zero-order valence-electron chi connectivity index (χ0n) is 12.2. The van der Waals surface area contributed by atoms with Crippen molar-refractivity contribution in [1.29, 1.82) is 0 Å². The van der Waals surface area contributed by atoms with Gasteiger partial charge in [0, 0.05) is 11.4 Å². The summed E-state index contributed by atoms with van der Waals surface area (Å²) in [4.78, 5) is 22.8. The van der Waals surface area contributed by atoms with Crippen LogP contribution in [0.1, 0.15) is 35.2 Å². The number of amides is 1. The minimum Gasteiger partial charge on any atom is -0.481 e. The Morgan fingerprint density at radius 2 is 1.77 bits per heavy atom. The number of aliphatic carboxylic acids is 1. The van der Waals surface area contributed by atoms with E-state index < -0.39 is 5.97 Å². The molecular formula is C17H18N2O3. The SMILES string of the molecule is CC(CC(=O)O)c1ccc(NC(=O)c2ccccc2N)cc1. The number of nitrogen functional groups attached to an aromatic ring is 1. The summed E-state index contributed by atoms with van der Waals surface area (Å²) in [5.41, 5.74) is 8.17. The molecule has 2 rings (SSSR count). The quantitative estimate of drug-likeness (QED) is 0.739. The van der Waals surface area contributed by atoms with Crippen molar-refractivity contribution in [1.82, 2.24) is 0 Å².